The molecule has 0 atom stereocenters. The number of nitrogens with one attached hydrogen (secondary N) is 1. The molecule has 0 radical (unpaired) electrons. The largest absolute Gasteiger partial charge is 0.278 e. The Bertz CT molecular complexity index is 712. The average Bonchev–Trinajstić information content (AvgIpc) is 2.37. The maximum atomic E-state index is 13.4. The van der Waals surface area contributed by atoms with Crippen molar-refractivity contribution in [3.8, 4) is 0 Å². The molecule has 2 aromatic rings. The number of sulfonamides is 1. The minimum absolute atomic E-state index is 0.0863. The minimum Gasteiger partial charge on any atom is -0.278 e. The Labute approximate surface area is 114 Å². The van der Waals surface area contributed by atoms with E-state index in [0.717, 1.165) is 24.3 Å². The van der Waals surface area contributed by atoms with Crippen molar-refractivity contribution in [1.29, 1.82) is 0 Å². The third-order valence-electron chi connectivity index (χ3n) is 2.52. The zero-order chi connectivity index (χ0) is 14.8. The van der Waals surface area contributed by atoms with Gasteiger partial charge in [0.05, 0.1) is 5.75 Å². The van der Waals surface area contributed by atoms with E-state index in [-0.39, 0.29) is 5.56 Å². The molecule has 2 aromatic carbocycles. The summed E-state index contributed by atoms with van der Waals surface area (Å²) in [7, 11) is -4.13. The number of hydrogen-bond acceptors (Lipinski definition) is 2. The smallest absolute Gasteiger partial charge is 0.237 e. The van der Waals surface area contributed by atoms with Gasteiger partial charge in [0.1, 0.15) is 23.1 Å². The molecule has 2 rings (SSSR count). The van der Waals surface area contributed by atoms with Crippen molar-refractivity contribution in [2.24, 2.45) is 0 Å². The maximum Gasteiger partial charge on any atom is 0.237 e. The Morgan fingerprint density at radius 1 is 0.850 bits per heavy atom. The van der Waals surface area contributed by atoms with Crippen molar-refractivity contribution >= 4 is 15.7 Å². The topological polar surface area (TPSA) is 46.2 Å². The monoisotopic (exact) mass is 301 g/mol. The van der Waals surface area contributed by atoms with Crippen molar-refractivity contribution in [2.45, 2.75) is 5.75 Å². The van der Waals surface area contributed by atoms with Crippen LogP contribution < -0.4 is 4.72 Å². The molecule has 0 aliphatic rings. The zero-order valence-corrected chi connectivity index (χ0v) is 10.9. The second-order valence-electron chi connectivity index (χ2n) is 4.05. The quantitative estimate of drug-likeness (QED) is 0.943. The summed E-state index contributed by atoms with van der Waals surface area (Å²) in [6.07, 6.45) is 0. The van der Waals surface area contributed by atoms with E-state index < -0.39 is 38.9 Å². The van der Waals surface area contributed by atoms with Crippen LogP contribution in [0.5, 0.6) is 0 Å². The number of benzene rings is 2. The third kappa shape index (κ3) is 3.30. The molecule has 0 heterocycles. The van der Waals surface area contributed by atoms with E-state index in [1.807, 2.05) is 0 Å². The molecule has 0 saturated heterocycles. The molecule has 0 unspecified atom stereocenters. The highest BCUT2D eigenvalue weighted by Crippen LogP contribution is 2.21. The normalized spacial score (nSPS) is 11.3. The maximum absolute atomic E-state index is 13.4. The van der Waals surface area contributed by atoms with Crippen LogP contribution in [0.15, 0.2) is 42.5 Å². The number of para-hydroxylation sites is 1. The molecule has 0 amide bonds. The lowest BCUT2D eigenvalue weighted by Gasteiger charge is -2.10. The summed E-state index contributed by atoms with van der Waals surface area (Å²) in [5.41, 5.74) is -0.861. The molecule has 0 bridgehead atoms. The molecular weight excluding hydrogens is 291 g/mol. The first-order chi connectivity index (χ1) is 9.39. The first-order valence-corrected chi connectivity index (χ1v) is 7.22. The first kappa shape index (κ1) is 14.4. The van der Waals surface area contributed by atoms with Gasteiger partial charge >= 0.3 is 0 Å². The molecule has 0 aliphatic carbocycles. The van der Waals surface area contributed by atoms with Gasteiger partial charge in [-0.1, -0.05) is 24.3 Å². The van der Waals surface area contributed by atoms with E-state index in [1.165, 1.54) is 18.2 Å². The lowest BCUT2D eigenvalue weighted by molar-refractivity contribution is 0.580. The molecule has 20 heavy (non-hydrogen) atoms. The third-order valence-corrected chi connectivity index (χ3v) is 3.73. The molecule has 0 fully saturated rings. The number of hydrogen-bond donors (Lipinski definition) is 1. The van der Waals surface area contributed by atoms with Crippen LogP contribution in [-0.2, 0) is 15.8 Å². The SMILES string of the molecule is O=S(=O)(Cc1ccccc1F)Nc1c(F)cccc1F. The fourth-order valence-electron chi connectivity index (χ4n) is 1.61. The average molecular weight is 301 g/mol. The predicted molar refractivity (Wildman–Crippen MR) is 69.0 cm³/mol. The van der Waals surface area contributed by atoms with Crippen LogP contribution in [0.1, 0.15) is 5.56 Å². The van der Waals surface area contributed by atoms with Gasteiger partial charge in [0.25, 0.3) is 0 Å². The van der Waals surface area contributed by atoms with E-state index in [2.05, 4.69) is 0 Å². The van der Waals surface area contributed by atoms with Crippen LogP contribution >= 0.6 is 0 Å². The Kier molecular flexibility index (Phi) is 3.99. The van der Waals surface area contributed by atoms with Crippen molar-refractivity contribution in [2.75, 3.05) is 4.72 Å². The lowest BCUT2D eigenvalue weighted by atomic mass is 10.2. The highest BCUT2D eigenvalue weighted by molar-refractivity contribution is 7.91. The molecule has 0 aromatic heterocycles. The Morgan fingerprint density at radius 2 is 1.40 bits per heavy atom. The summed E-state index contributed by atoms with van der Waals surface area (Å²) in [5, 5.41) is 0. The first-order valence-electron chi connectivity index (χ1n) is 5.57. The van der Waals surface area contributed by atoms with Gasteiger partial charge in [0.15, 0.2) is 0 Å². The number of anilines is 1. The highest BCUT2D eigenvalue weighted by atomic mass is 32.2. The molecule has 106 valence electrons. The van der Waals surface area contributed by atoms with Crippen LogP contribution in [0.3, 0.4) is 0 Å². The molecule has 0 spiro atoms. The van der Waals surface area contributed by atoms with Gasteiger partial charge in [-0.05, 0) is 18.2 Å². The van der Waals surface area contributed by atoms with Crippen LogP contribution in [0.2, 0.25) is 0 Å². The van der Waals surface area contributed by atoms with Crippen molar-refractivity contribution < 1.29 is 21.6 Å². The van der Waals surface area contributed by atoms with Crippen LogP contribution in [0.4, 0.5) is 18.9 Å². The number of rotatable bonds is 4. The second-order valence-corrected chi connectivity index (χ2v) is 5.77. The van der Waals surface area contributed by atoms with Gasteiger partial charge in [-0.25, -0.2) is 21.6 Å². The van der Waals surface area contributed by atoms with Crippen molar-refractivity contribution in [3.05, 3.63) is 65.5 Å². The van der Waals surface area contributed by atoms with E-state index in [0.29, 0.717) is 0 Å². The van der Waals surface area contributed by atoms with E-state index in [9.17, 15) is 21.6 Å². The van der Waals surface area contributed by atoms with Crippen LogP contribution in [-0.4, -0.2) is 8.42 Å². The van der Waals surface area contributed by atoms with Gasteiger partial charge in [0, 0.05) is 5.56 Å². The Morgan fingerprint density at radius 3 is 2.00 bits per heavy atom. The summed E-state index contributed by atoms with van der Waals surface area (Å²) >= 11 is 0. The summed E-state index contributed by atoms with van der Waals surface area (Å²) in [5.74, 6) is -3.50. The molecule has 0 saturated carbocycles. The van der Waals surface area contributed by atoms with Crippen LogP contribution in [0, 0.1) is 17.5 Å². The van der Waals surface area contributed by atoms with Gasteiger partial charge in [-0.3, -0.25) is 4.72 Å². The summed E-state index contributed by atoms with van der Waals surface area (Å²) in [6.45, 7) is 0. The molecular formula is C13H10F3NO2S. The number of halogens is 3. The Hall–Kier alpha value is -2.02. The lowest BCUT2D eigenvalue weighted by Crippen LogP contribution is -2.17. The summed E-state index contributed by atoms with van der Waals surface area (Å²) in [4.78, 5) is 0. The molecule has 7 heteroatoms. The van der Waals surface area contributed by atoms with Gasteiger partial charge in [-0.15, -0.1) is 0 Å². The van der Waals surface area contributed by atoms with E-state index >= 15 is 0 Å². The highest BCUT2D eigenvalue weighted by Gasteiger charge is 2.18. The fraction of sp³-hybridized carbons (Fsp3) is 0.0769. The van der Waals surface area contributed by atoms with Gasteiger partial charge < -0.3 is 0 Å². The Balaban J connectivity index is 2.27. The van der Waals surface area contributed by atoms with E-state index in [4.69, 9.17) is 0 Å². The standard InChI is InChI=1S/C13H10F3NO2S/c14-10-5-2-1-4-9(10)8-20(18,19)17-13-11(15)6-3-7-12(13)16/h1-7,17H,8H2. The minimum atomic E-state index is -4.13. The van der Waals surface area contributed by atoms with Crippen molar-refractivity contribution in [1.82, 2.24) is 0 Å². The zero-order valence-electron chi connectivity index (χ0n) is 10.1. The van der Waals surface area contributed by atoms with Crippen molar-refractivity contribution in [3.63, 3.8) is 0 Å². The molecule has 0 aliphatic heterocycles. The van der Waals surface area contributed by atoms with Gasteiger partial charge in [0.2, 0.25) is 10.0 Å². The summed E-state index contributed by atoms with van der Waals surface area (Å²) < 4.78 is 65.5. The summed E-state index contributed by atoms with van der Waals surface area (Å²) in [6, 6.07) is 8.22. The predicted octanol–water partition coefficient (Wildman–Crippen LogP) is 3.05. The van der Waals surface area contributed by atoms with E-state index in [1.54, 1.807) is 4.72 Å². The molecule has 3 nitrogen and oxygen atoms in total. The second kappa shape index (κ2) is 5.54. The van der Waals surface area contributed by atoms with Crippen LogP contribution in [0.25, 0.3) is 0 Å². The fourth-order valence-corrected chi connectivity index (χ4v) is 2.83. The van der Waals surface area contributed by atoms with Gasteiger partial charge in [-0.2, -0.15) is 0 Å². The molecule has 1 N–H and O–H groups in total.